The summed E-state index contributed by atoms with van der Waals surface area (Å²) in [7, 11) is 0. The van der Waals surface area contributed by atoms with Crippen molar-refractivity contribution in [2.45, 2.75) is 32.7 Å². The third kappa shape index (κ3) is 2.74. The van der Waals surface area contributed by atoms with Crippen molar-refractivity contribution in [3.8, 4) is 0 Å². The summed E-state index contributed by atoms with van der Waals surface area (Å²) < 4.78 is 0.865. The van der Waals surface area contributed by atoms with Crippen LogP contribution in [0.5, 0.6) is 0 Å². The van der Waals surface area contributed by atoms with Gasteiger partial charge in [-0.25, -0.2) is 9.97 Å². The van der Waals surface area contributed by atoms with Gasteiger partial charge in [0.15, 0.2) is 0 Å². The molecule has 1 unspecified atom stereocenters. The Morgan fingerprint density at radius 2 is 2.33 bits per heavy atom. The Labute approximate surface area is 131 Å². The second kappa shape index (κ2) is 4.98. The second-order valence-electron chi connectivity index (χ2n) is 6.40. The Balaban J connectivity index is 2.04. The Bertz CT molecular complexity index is 696. The first-order valence-corrected chi connectivity index (χ1v) is 7.69. The van der Waals surface area contributed by atoms with Crippen LogP contribution in [0.25, 0.3) is 11.0 Å². The normalized spacial score (nSPS) is 21.1. The lowest BCUT2D eigenvalue weighted by molar-refractivity contribution is -0.118. The number of anilines is 1. The van der Waals surface area contributed by atoms with Crippen molar-refractivity contribution in [3.05, 3.63) is 17.0 Å². The van der Waals surface area contributed by atoms with Gasteiger partial charge in [-0.15, -0.1) is 0 Å². The van der Waals surface area contributed by atoms with E-state index in [0.717, 1.165) is 34.4 Å². The van der Waals surface area contributed by atoms with Crippen LogP contribution in [-0.2, 0) is 4.79 Å². The van der Waals surface area contributed by atoms with Crippen molar-refractivity contribution in [3.63, 3.8) is 0 Å². The smallest absolute Gasteiger partial charge is 0.219 e. The average Bonchev–Trinajstić information content (AvgIpc) is 2.86. The number of aromatic amines is 1. The lowest BCUT2D eigenvalue weighted by atomic mass is 9.90. The van der Waals surface area contributed by atoms with Gasteiger partial charge in [0.05, 0.1) is 9.99 Å². The van der Waals surface area contributed by atoms with Crippen LogP contribution in [0.4, 0.5) is 5.82 Å². The van der Waals surface area contributed by atoms with Gasteiger partial charge in [-0.3, -0.25) is 4.79 Å². The Morgan fingerprint density at radius 3 is 3.05 bits per heavy atom. The Kier molecular flexibility index (Phi) is 3.39. The number of carbonyl (C=O) groups excluding carboxylic acids is 1. The fourth-order valence-electron chi connectivity index (χ4n) is 3.19. The maximum absolute atomic E-state index is 11.4. The molecule has 3 rings (SSSR count). The van der Waals surface area contributed by atoms with Gasteiger partial charge in [0.2, 0.25) is 5.91 Å². The van der Waals surface area contributed by atoms with Crippen LogP contribution in [-0.4, -0.2) is 33.4 Å². The molecule has 0 spiro atoms. The van der Waals surface area contributed by atoms with E-state index in [4.69, 9.17) is 5.73 Å². The van der Waals surface area contributed by atoms with Gasteiger partial charge in [-0.1, -0.05) is 13.8 Å². The molecule has 3 heterocycles. The number of nitrogens with two attached hydrogens (primary N) is 1. The number of amides is 1. The summed E-state index contributed by atoms with van der Waals surface area (Å²) in [5, 5.41) is 0.955. The average molecular weight is 352 g/mol. The monoisotopic (exact) mass is 351 g/mol. The van der Waals surface area contributed by atoms with E-state index in [9.17, 15) is 4.79 Å². The molecule has 0 aromatic carbocycles. The standard InChI is InChI=1S/C14H18BrN5O/c1-14(2)5-8(3-11(16)21)20(6-14)13-9-4-10(15)19-12(9)17-7-18-13/h4,7-8H,3,5-6H2,1-2H3,(H2,16,21)(H,17,18,19). The van der Waals surface area contributed by atoms with E-state index >= 15 is 0 Å². The van der Waals surface area contributed by atoms with Crippen molar-refractivity contribution in [1.29, 1.82) is 0 Å². The molecule has 2 aromatic rings. The first-order chi connectivity index (χ1) is 9.85. The largest absolute Gasteiger partial charge is 0.370 e. The number of aromatic nitrogens is 3. The molecule has 1 saturated heterocycles. The molecule has 2 aromatic heterocycles. The Hall–Kier alpha value is -1.63. The molecular formula is C14H18BrN5O. The van der Waals surface area contributed by atoms with E-state index in [0.29, 0.717) is 6.42 Å². The quantitative estimate of drug-likeness (QED) is 0.887. The second-order valence-corrected chi connectivity index (χ2v) is 7.25. The highest BCUT2D eigenvalue weighted by Crippen LogP contribution is 2.39. The summed E-state index contributed by atoms with van der Waals surface area (Å²) in [5.74, 6) is 0.585. The molecule has 0 radical (unpaired) electrons. The number of hydrogen-bond acceptors (Lipinski definition) is 4. The number of primary amides is 1. The maximum Gasteiger partial charge on any atom is 0.219 e. The molecular weight excluding hydrogens is 334 g/mol. The first kappa shape index (κ1) is 14.3. The van der Waals surface area contributed by atoms with Gasteiger partial charge >= 0.3 is 0 Å². The fourth-order valence-corrected chi connectivity index (χ4v) is 3.61. The summed E-state index contributed by atoms with van der Waals surface area (Å²) in [6.07, 6.45) is 2.82. The van der Waals surface area contributed by atoms with Crippen molar-refractivity contribution in [2.75, 3.05) is 11.4 Å². The molecule has 0 bridgehead atoms. The summed E-state index contributed by atoms with van der Waals surface area (Å²) in [6.45, 7) is 5.25. The number of fused-ring (bicyclic) bond motifs is 1. The molecule has 7 heteroatoms. The molecule has 112 valence electrons. The third-order valence-corrected chi connectivity index (χ3v) is 4.34. The molecule has 0 saturated carbocycles. The van der Waals surface area contributed by atoms with E-state index < -0.39 is 0 Å². The third-order valence-electron chi connectivity index (χ3n) is 3.91. The molecule has 3 N–H and O–H groups in total. The van der Waals surface area contributed by atoms with Crippen LogP contribution < -0.4 is 10.6 Å². The van der Waals surface area contributed by atoms with Crippen molar-refractivity contribution in [1.82, 2.24) is 15.0 Å². The van der Waals surface area contributed by atoms with Crippen molar-refractivity contribution < 1.29 is 4.79 Å². The molecule has 0 aliphatic carbocycles. The van der Waals surface area contributed by atoms with Gasteiger partial charge in [0, 0.05) is 19.0 Å². The van der Waals surface area contributed by atoms with Crippen LogP contribution in [0.3, 0.4) is 0 Å². The highest BCUT2D eigenvalue weighted by Gasteiger charge is 2.39. The fraction of sp³-hybridized carbons (Fsp3) is 0.500. The van der Waals surface area contributed by atoms with Crippen molar-refractivity contribution in [2.24, 2.45) is 11.1 Å². The maximum atomic E-state index is 11.4. The van der Waals surface area contributed by atoms with Gasteiger partial charge in [-0.2, -0.15) is 0 Å². The van der Waals surface area contributed by atoms with E-state index in [1.807, 2.05) is 6.07 Å². The van der Waals surface area contributed by atoms with Gasteiger partial charge < -0.3 is 15.6 Å². The predicted molar refractivity (Wildman–Crippen MR) is 84.9 cm³/mol. The molecule has 1 aliphatic heterocycles. The summed E-state index contributed by atoms with van der Waals surface area (Å²) in [4.78, 5) is 25.4. The van der Waals surface area contributed by atoms with Crippen LogP contribution in [0.1, 0.15) is 26.7 Å². The van der Waals surface area contributed by atoms with Gasteiger partial charge in [-0.05, 0) is 33.8 Å². The highest BCUT2D eigenvalue weighted by atomic mass is 79.9. The van der Waals surface area contributed by atoms with Crippen LogP contribution in [0.2, 0.25) is 0 Å². The zero-order valence-electron chi connectivity index (χ0n) is 12.1. The summed E-state index contributed by atoms with van der Waals surface area (Å²) in [5.41, 5.74) is 6.32. The number of rotatable bonds is 3. The summed E-state index contributed by atoms with van der Waals surface area (Å²) >= 11 is 3.43. The minimum absolute atomic E-state index is 0.0873. The molecule has 1 fully saturated rings. The highest BCUT2D eigenvalue weighted by molar-refractivity contribution is 9.10. The van der Waals surface area contributed by atoms with Crippen LogP contribution >= 0.6 is 15.9 Å². The minimum Gasteiger partial charge on any atom is -0.370 e. The number of hydrogen-bond donors (Lipinski definition) is 2. The molecule has 6 nitrogen and oxygen atoms in total. The van der Waals surface area contributed by atoms with Crippen LogP contribution in [0.15, 0.2) is 17.0 Å². The zero-order chi connectivity index (χ0) is 15.2. The topological polar surface area (TPSA) is 87.9 Å². The zero-order valence-corrected chi connectivity index (χ0v) is 13.6. The van der Waals surface area contributed by atoms with Crippen molar-refractivity contribution >= 4 is 38.7 Å². The lowest BCUT2D eigenvalue weighted by Gasteiger charge is -2.25. The number of carbonyl (C=O) groups is 1. The van der Waals surface area contributed by atoms with E-state index in [-0.39, 0.29) is 17.4 Å². The number of halogens is 1. The number of H-pyrrole nitrogens is 1. The van der Waals surface area contributed by atoms with E-state index in [1.54, 1.807) is 6.33 Å². The van der Waals surface area contributed by atoms with E-state index in [1.165, 1.54) is 0 Å². The minimum atomic E-state index is -0.275. The Morgan fingerprint density at radius 1 is 1.57 bits per heavy atom. The predicted octanol–water partition coefficient (Wildman–Crippen LogP) is 2.20. The molecule has 1 atom stereocenters. The van der Waals surface area contributed by atoms with Gasteiger partial charge in [0.1, 0.15) is 17.8 Å². The lowest BCUT2D eigenvalue weighted by Crippen LogP contribution is -2.34. The van der Waals surface area contributed by atoms with Crippen LogP contribution in [0, 0.1) is 5.41 Å². The number of nitrogens with zero attached hydrogens (tertiary/aromatic N) is 3. The molecule has 1 amide bonds. The van der Waals surface area contributed by atoms with Gasteiger partial charge in [0.25, 0.3) is 0 Å². The molecule has 21 heavy (non-hydrogen) atoms. The SMILES string of the molecule is CC1(C)CC(CC(N)=O)N(c2ncnc3[nH]c(Br)cc23)C1. The summed E-state index contributed by atoms with van der Waals surface area (Å²) in [6, 6.07) is 2.06. The molecule has 1 aliphatic rings. The van der Waals surface area contributed by atoms with E-state index in [2.05, 4.69) is 49.6 Å². The number of nitrogens with one attached hydrogen (secondary N) is 1. The first-order valence-electron chi connectivity index (χ1n) is 6.90.